The average molecular weight is 302 g/mol. The highest BCUT2D eigenvalue weighted by atomic mass is 19.1. The van der Waals surface area contributed by atoms with E-state index < -0.39 is 0 Å². The Morgan fingerprint density at radius 1 is 1.32 bits per heavy atom. The van der Waals surface area contributed by atoms with Gasteiger partial charge in [0.15, 0.2) is 5.76 Å². The maximum absolute atomic E-state index is 12.9. The fourth-order valence-electron chi connectivity index (χ4n) is 2.85. The van der Waals surface area contributed by atoms with E-state index in [9.17, 15) is 9.18 Å². The SMILES string of the molecule is CNCC1CCN(C(=O)c2ccc(-c3ccc(F)cc3)o2)C1. The van der Waals surface area contributed by atoms with E-state index in [1.165, 1.54) is 12.1 Å². The molecule has 4 nitrogen and oxygen atoms in total. The van der Waals surface area contributed by atoms with Gasteiger partial charge in [0.2, 0.25) is 0 Å². The van der Waals surface area contributed by atoms with Crippen LogP contribution in [0.1, 0.15) is 17.0 Å². The van der Waals surface area contributed by atoms with Crippen molar-refractivity contribution in [3.8, 4) is 11.3 Å². The van der Waals surface area contributed by atoms with Crippen LogP contribution in [-0.4, -0.2) is 37.5 Å². The summed E-state index contributed by atoms with van der Waals surface area (Å²) in [5, 5.41) is 3.15. The van der Waals surface area contributed by atoms with Gasteiger partial charge in [-0.2, -0.15) is 0 Å². The van der Waals surface area contributed by atoms with Crippen molar-refractivity contribution in [3.05, 3.63) is 48.0 Å². The summed E-state index contributed by atoms with van der Waals surface area (Å²) >= 11 is 0. The van der Waals surface area contributed by atoms with Crippen molar-refractivity contribution in [2.45, 2.75) is 6.42 Å². The van der Waals surface area contributed by atoms with Gasteiger partial charge in [0.05, 0.1) is 0 Å². The van der Waals surface area contributed by atoms with Crippen molar-refractivity contribution in [3.63, 3.8) is 0 Å². The molecule has 0 saturated carbocycles. The van der Waals surface area contributed by atoms with Gasteiger partial charge in [-0.15, -0.1) is 0 Å². The Hall–Kier alpha value is -2.14. The third kappa shape index (κ3) is 3.04. The third-order valence-corrected chi connectivity index (χ3v) is 4.01. The van der Waals surface area contributed by atoms with Crippen LogP contribution in [0.25, 0.3) is 11.3 Å². The van der Waals surface area contributed by atoms with Crippen LogP contribution in [0.3, 0.4) is 0 Å². The lowest BCUT2D eigenvalue weighted by molar-refractivity contribution is 0.0756. The second-order valence-electron chi connectivity index (χ2n) is 5.63. The largest absolute Gasteiger partial charge is 0.451 e. The summed E-state index contributed by atoms with van der Waals surface area (Å²) in [5.74, 6) is 1.05. The summed E-state index contributed by atoms with van der Waals surface area (Å²) in [5.41, 5.74) is 0.759. The zero-order chi connectivity index (χ0) is 15.5. The van der Waals surface area contributed by atoms with Crippen LogP contribution >= 0.6 is 0 Å². The van der Waals surface area contributed by atoms with Crippen molar-refractivity contribution in [1.29, 1.82) is 0 Å². The Morgan fingerprint density at radius 2 is 2.09 bits per heavy atom. The van der Waals surface area contributed by atoms with Crippen molar-refractivity contribution in [1.82, 2.24) is 10.2 Å². The molecule has 1 N–H and O–H groups in total. The molecule has 22 heavy (non-hydrogen) atoms. The Labute approximate surface area is 128 Å². The highest BCUT2D eigenvalue weighted by Gasteiger charge is 2.28. The van der Waals surface area contributed by atoms with Crippen LogP contribution in [0.2, 0.25) is 0 Å². The molecule has 3 rings (SSSR count). The molecule has 0 bridgehead atoms. The summed E-state index contributed by atoms with van der Waals surface area (Å²) in [6, 6.07) is 9.47. The summed E-state index contributed by atoms with van der Waals surface area (Å²) in [6.07, 6.45) is 1.01. The number of amides is 1. The average Bonchev–Trinajstić information content (AvgIpc) is 3.17. The van der Waals surface area contributed by atoms with Crippen molar-refractivity contribution in [2.75, 3.05) is 26.7 Å². The standard InChI is InChI=1S/C17H19FN2O2/c1-19-10-12-8-9-20(11-12)17(21)16-7-6-15(22-16)13-2-4-14(18)5-3-13/h2-7,12,19H,8-11H2,1H3. The van der Waals surface area contributed by atoms with E-state index in [1.54, 1.807) is 24.3 Å². The molecule has 1 aromatic carbocycles. The van der Waals surface area contributed by atoms with E-state index in [1.807, 2.05) is 11.9 Å². The van der Waals surface area contributed by atoms with Gasteiger partial charge in [-0.1, -0.05) is 0 Å². The van der Waals surface area contributed by atoms with Gasteiger partial charge < -0.3 is 14.6 Å². The fourth-order valence-corrected chi connectivity index (χ4v) is 2.85. The zero-order valence-corrected chi connectivity index (χ0v) is 12.5. The molecular weight excluding hydrogens is 283 g/mol. The minimum Gasteiger partial charge on any atom is -0.451 e. The number of hydrogen-bond donors (Lipinski definition) is 1. The summed E-state index contributed by atoms with van der Waals surface area (Å²) in [6.45, 7) is 2.44. The predicted molar refractivity (Wildman–Crippen MR) is 82.0 cm³/mol. The van der Waals surface area contributed by atoms with E-state index in [2.05, 4.69) is 5.32 Å². The molecule has 1 saturated heterocycles. The number of hydrogen-bond acceptors (Lipinski definition) is 3. The number of nitrogens with zero attached hydrogens (tertiary/aromatic N) is 1. The topological polar surface area (TPSA) is 45.5 Å². The van der Waals surface area contributed by atoms with E-state index in [-0.39, 0.29) is 11.7 Å². The van der Waals surface area contributed by atoms with Gasteiger partial charge in [0, 0.05) is 18.7 Å². The monoisotopic (exact) mass is 302 g/mol. The van der Waals surface area contributed by atoms with E-state index >= 15 is 0 Å². The molecule has 1 aliphatic rings. The predicted octanol–water partition coefficient (Wildman–Crippen LogP) is 2.77. The highest BCUT2D eigenvalue weighted by molar-refractivity contribution is 5.92. The second kappa shape index (κ2) is 6.32. The Morgan fingerprint density at radius 3 is 2.82 bits per heavy atom. The van der Waals surface area contributed by atoms with E-state index in [0.717, 1.165) is 31.6 Å². The van der Waals surface area contributed by atoms with Crippen LogP contribution in [0.15, 0.2) is 40.8 Å². The fraction of sp³-hybridized carbons (Fsp3) is 0.353. The molecule has 1 amide bonds. The van der Waals surface area contributed by atoms with Crippen LogP contribution in [0, 0.1) is 11.7 Å². The number of halogens is 1. The summed E-state index contributed by atoms with van der Waals surface area (Å²) in [4.78, 5) is 14.3. The number of carbonyl (C=O) groups excluding carboxylic acids is 1. The number of likely N-dealkylation sites (tertiary alicyclic amines) is 1. The smallest absolute Gasteiger partial charge is 0.289 e. The molecule has 1 atom stereocenters. The van der Waals surface area contributed by atoms with Crippen molar-refractivity contribution >= 4 is 5.91 Å². The minimum atomic E-state index is -0.292. The van der Waals surface area contributed by atoms with Gasteiger partial charge in [0.1, 0.15) is 11.6 Å². The molecule has 116 valence electrons. The zero-order valence-electron chi connectivity index (χ0n) is 12.5. The normalized spacial score (nSPS) is 17.9. The second-order valence-corrected chi connectivity index (χ2v) is 5.63. The van der Waals surface area contributed by atoms with Crippen LogP contribution in [0.5, 0.6) is 0 Å². The number of rotatable bonds is 4. The highest BCUT2D eigenvalue weighted by Crippen LogP contribution is 2.25. The molecule has 1 unspecified atom stereocenters. The molecule has 5 heteroatoms. The first-order chi connectivity index (χ1) is 10.7. The van der Waals surface area contributed by atoms with Crippen molar-refractivity contribution < 1.29 is 13.6 Å². The molecule has 0 aliphatic carbocycles. The number of carbonyl (C=O) groups is 1. The minimum absolute atomic E-state index is 0.0769. The van der Waals surface area contributed by atoms with Crippen molar-refractivity contribution in [2.24, 2.45) is 5.92 Å². The number of benzene rings is 1. The maximum atomic E-state index is 12.9. The molecule has 1 aromatic heterocycles. The molecule has 2 heterocycles. The first kappa shape index (κ1) is 14.8. The third-order valence-electron chi connectivity index (χ3n) is 4.01. The van der Waals surface area contributed by atoms with Crippen LogP contribution in [0.4, 0.5) is 4.39 Å². The Bertz CT molecular complexity index is 651. The summed E-state index contributed by atoms with van der Waals surface area (Å²) < 4.78 is 18.6. The van der Waals surface area contributed by atoms with Gasteiger partial charge in [-0.3, -0.25) is 4.79 Å². The van der Waals surface area contributed by atoms with E-state index in [4.69, 9.17) is 4.42 Å². The van der Waals surface area contributed by atoms with Gasteiger partial charge in [-0.25, -0.2) is 4.39 Å². The Kier molecular flexibility index (Phi) is 4.24. The summed E-state index contributed by atoms with van der Waals surface area (Å²) in [7, 11) is 1.92. The first-order valence-corrected chi connectivity index (χ1v) is 7.47. The quantitative estimate of drug-likeness (QED) is 0.944. The van der Waals surface area contributed by atoms with Crippen LogP contribution < -0.4 is 5.32 Å². The maximum Gasteiger partial charge on any atom is 0.289 e. The molecule has 2 aromatic rings. The lowest BCUT2D eigenvalue weighted by atomic mass is 10.1. The number of nitrogens with one attached hydrogen (secondary N) is 1. The first-order valence-electron chi connectivity index (χ1n) is 7.47. The lowest BCUT2D eigenvalue weighted by Crippen LogP contribution is -2.30. The van der Waals surface area contributed by atoms with Gasteiger partial charge in [0.25, 0.3) is 5.91 Å². The van der Waals surface area contributed by atoms with E-state index in [0.29, 0.717) is 17.4 Å². The van der Waals surface area contributed by atoms with Gasteiger partial charge in [-0.05, 0) is 62.3 Å². The molecule has 1 aliphatic heterocycles. The molecule has 1 fully saturated rings. The van der Waals surface area contributed by atoms with Crippen LogP contribution in [-0.2, 0) is 0 Å². The van der Waals surface area contributed by atoms with Gasteiger partial charge >= 0.3 is 0 Å². The molecule has 0 spiro atoms. The number of furan rings is 1. The Balaban J connectivity index is 1.71. The molecular formula is C17H19FN2O2. The molecule has 0 radical (unpaired) electrons. The lowest BCUT2D eigenvalue weighted by Gasteiger charge is -2.14.